The fourth-order valence-electron chi connectivity index (χ4n) is 9.44. The molecule has 4 aliphatic carbocycles. The van der Waals surface area contributed by atoms with Gasteiger partial charge in [0.05, 0.1) is 35.4 Å². The lowest BCUT2D eigenvalue weighted by Gasteiger charge is -2.36. The number of aromatic nitrogens is 2. The second kappa shape index (κ2) is 15.1. The number of amides is 4. The van der Waals surface area contributed by atoms with E-state index in [4.69, 9.17) is 14.2 Å². The third-order valence-corrected chi connectivity index (χ3v) is 15.8. The van der Waals surface area contributed by atoms with Gasteiger partial charge in [0.1, 0.15) is 35.6 Å². The van der Waals surface area contributed by atoms with Gasteiger partial charge in [0.15, 0.2) is 5.69 Å². The number of fused-ring (bicyclic) bond motifs is 7. The summed E-state index contributed by atoms with van der Waals surface area (Å²) in [4.78, 5) is 66.2. The van der Waals surface area contributed by atoms with Crippen molar-refractivity contribution in [3.63, 3.8) is 0 Å². The molecule has 4 saturated carbocycles. The highest BCUT2D eigenvalue weighted by molar-refractivity contribution is 7.91. The SMILES string of the molecule is COc1ccc2nc3c(nc2c1)O[C@@H]1C[C@@H](C(=O)N[C@]2(C(=O)NS(=O)(=O)C4(C)CC4)CC2C(F)F)N(C1)C(=O)[C@H](C(C)(C)C)NC(=O)O[C@@H]1C[C@@H]2C[C@@H]2[C@H]1CCCCC3(F)F. The van der Waals surface area contributed by atoms with Crippen molar-refractivity contribution in [2.24, 2.45) is 29.1 Å². The molecule has 1 unspecified atom stereocenters. The van der Waals surface area contributed by atoms with Gasteiger partial charge in [-0.1, -0.05) is 27.2 Å². The van der Waals surface area contributed by atoms with E-state index in [-0.39, 0.29) is 36.2 Å². The number of benzene rings is 1. The van der Waals surface area contributed by atoms with Crippen LogP contribution in [0, 0.1) is 29.1 Å². The standard InChI is InChI=1S/C41H52F4N6O9S/c1-38(2,3)31-35(53)51-19-22(17-28(51)33(52)49-40(18-25(40)32(42)43)36(54)50-61(56,57)39(4)12-13-39)59-34-30(46-26-10-9-21(58-5)16-27(26)47-34)41(44,45)11-7-6-8-23-24-14-20(24)15-29(23)60-37(55)48-31/h9-10,16,20,22-25,28-29,31-32H,6-8,11-15,17-19H2,1-5H3,(H,48,55)(H,49,52)(H,50,54)/t20-,22+,23+,24-,25?,28-,29+,31+,40+/m0/s1. The zero-order valence-electron chi connectivity index (χ0n) is 34.6. The molecule has 1 saturated heterocycles. The molecular formula is C41H52F4N6O9S. The quantitative estimate of drug-likeness (QED) is 0.319. The number of carbonyl (C=O) groups is 4. The van der Waals surface area contributed by atoms with Crippen LogP contribution in [0.3, 0.4) is 0 Å². The van der Waals surface area contributed by atoms with E-state index in [1.807, 2.05) is 4.72 Å². The van der Waals surface area contributed by atoms with Crippen molar-refractivity contribution in [2.75, 3.05) is 13.7 Å². The summed E-state index contributed by atoms with van der Waals surface area (Å²) in [7, 11) is -2.88. The van der Waals surface area contributed by atoms with Crippen LogP contribution in [-0.2, 0) is 35.1 Å². The van der Waals surface area contributed by atoms with Crippen LogP contribution in [0.5, 0.6) is 11.6 Å². The predicted molar refractivity (Wildman–Crippen MR) is 209 cm³/mol. The van der Waals surface area contributed by atoms with Crippen molar-refractivity contribution in [2.45, 2.75) is 139 Å². The Bertz CT molecular complexity index is 2240. The van der Waals surface area contributed by atoms with Gasteiger partial charge < -0.3 is 29.7 Å². The fraction of sp³-hybridized carbons (Fsp3) is 0.707. The third kappa shape index (κ3) is 8.17. The number of hydrogen-bond acceptors (Lipinski definition) is 11. The first-order valence-electron chi connectivity index (χ1n) is 20.9. The molecule has 20 heteroatoms. The Morgan fingerprint density at radius 3 is 2.41 bits per heavy atom. The number of carbonyl (C=O) groups excluding carboxylic acids is 4. The van der Waals surface area contributed by atoms with Gasteiger partial charge in [-0.15, -0.1) is 0 Å². The van der Waals surface area contributed by atoms with Gasteiger partial charge >= 0.3 is 6.09 Å². The van der Waals surface area contributed by atoms with Crippen molar-refractivity contribution in [3.8, 4) is 11.6 Å². The minimum absolute atomic E-state index is 0.0556. The highest BCUT2D eigenvalue weighted by Gasteiger charge is 2.67. The topological polar surface area (TPSA) is 195 Å². The first kappa shape index (κ1) is 43.2. The van der Waals surface area contributed by atoms with E-state index in [0.29, 0.717) is 36.8 Å². The number of methoxy groups -OCH3 is 1. The summed E-state index contributed by atoms with van der Waals surface area (Å²) in [6.45, 7) is 6.02. The summed E-state index contributed by atoms with van der Waals surface area (Å²) >= 11 is 0. The molecule has 3 heterocycles. The van der Waals surface area contributed by atoms with Crippen LogP contribution in [0.1, 0.15) is 97.6 Å². The van der Waals surface area contributed by atoms with E-state index < -0.39 is 129 Å². The Kier molecular flexibility index (Phi) is 10.7. The van der Waals surface area contributed by atoms with Crippen LogP contribution in [0.25, 0.3) is 11.0 Å². The number of alkyl halides is 4. The van der Waals surface area contributed by atoms with Gasteiger partial charge in [-0.25, -0.2) is 32.0 Å². The van der Waals surface area contributed by atoms with E-state index in [0.717, 1.165) is 11.3 Å². The minimum atomic E-state index is -4.30. The van der Waals surface area contributed by atoms with E-state index >= 15 is 8.78 Å². The maximum Gasteiger partial charge on any atom is 0.408 e. The van der Waals surface area contributed by atoms with Gasteiger partial charge in [0.2, 0.25) is 34.1 Å². The third-order valence-electron chi connectivity index (χ3n) is 13.7. The number of halogens is 4. The van der Waals surface area contributed by atoms with Crippen LogP contribution in [0.15, 0.2) is 18.2 Å². The van der Waals surface area contributed by atoms with Crippen molar-refractivity contribution in [1.82, 2.24) is 30.2 Å². The number of nitrogens with zero attached hydrogens (tertiary/aromatic N) is 3. The highest BCUT2D eigenvalue weighted by Crippen LogP contribution is 2.58. The minimum Gasteiger partial charge on any atom is -0.497 e. The summed E-state index contributed by atoms with van der Waals surface area (Å²) < 4.78 is 106. The molecule has 6 aliphatic rings. The number of sulfonamides is 1. The Morgan fingerprint density at radius 2 is 1.75 bits per heavy atom. The molecule has 0 spiro atoms. The molecule has 3 N–H and O–H groups in total. The monoisotopic (exact) mass is 880 g/mol. The van der Waals surface area contributed by atoms with E-state index in [2.05, 4.69) is 20.6 Å². The van der Waals surface area contributed by atoms with Crippen LogP contribution >= 0.6 is 0 Å². The Morgan fingerprint density at radius 1 is 1.02 bits per heavy atom. The molecule has 1 aromatic heterocycles. The Hall–Kier alpha value is -4.49. The number of nitrogens with one attached hydrogen (secondary N) is 3. The Balaban J connectivity index is 1.16. The van der Waals surface area contributed by atoms with Crippen molar-refractivity contribution >= 4 is 44.9 Å². The lowest BCUT2D eigenvalue weighted by Crippen LogP contribution is -2.60. The predicted octanol–water partition coefficient (Wildman–Crippen LogP) is 4.96. The summed E-state index contributed by atoms with van der Waals surface area (Å²) in [6.07, 6.45) is -4.18. The van der Waals surface area contributed by atoms with Gasteiger partial charge in [0, 0.05) is 18.9 Å². The molecular weight excluding hydrogens is 829 g/mol. The van der Waals surface area contributed by atoms with Crippen LogP contribution in [0.2, 0.25) is 0 Å². The molecule has 8 rings (SSSR count). The normalized spacial score (nSPS) is 33.1. The van der Waals surface area contributed by atoms with Crippen LogP contribution in [-0.4, -0.2) is 102 Å². The zero-order valence-corrected chi connectivity index (χ0v) is 35.5. The number of ether oxygens (including phenoxy) is 3. The second-order valence-electron chi connectivity index (χ2n) is 19.1. The lowest BCUT2D eigenvalue weighted by atomic mass is 9.85. The van der Waals surface area contributed by atoms with Gasteiger partial charge in [-0.3, -0.25) is 19.1 Å². The molecule has 2 bridgehead atoms. The first-order chi connectivity index (χ1) is 28.6. The first-order valence-corrected chi connectivity index (χ1v) is 22.4. The van der Waals surface area contributed by atoms with Crippen LogP contribution < -0.4 is 24.8 Å². The van der Waals surface area contributed by atoms with Crippen molar-refractivity contribution < 1.29 is 59.4 Å². The largest absolute Gasteiger partial charge is 0.497 e. The molecule has 2 aromatic rings. The number of hydrogen-bond donors (Lipinski definition) is 3. The Labute approximate surface area is 350 Å². The maximum atomic E-state index is 16.4. The van der Waals surface area contributed by atoms with Crippen molar-refractivity contribution in [1.29, 1.82) is 0 Å². The second-order valence-corrected chi connectivity index (χ2v) is 21.3. The fourth-order valence-corrected chi connectivity index (χ4v) is 10.7. The molecule has 4 amide bonds. The smallest absolute Gasteiger partial charge is 0.408 e. The highest BCUT2D eigenvalue weighted by atomic mass is 32.2. The molecule has 5 fully saturated rings. The van der Waals surface area contributed by atoms with Crippen LogP contribution in [0.4, 0.5) is 22.4 Å². The van der Waals surface area contributed by atoms with E-state index in [1.54, 1.807) is 26.8 Å². The average molecular weight is 881 g/mol. The molecule has 9 atom stereocenters. The van der Waals surface area contributed by atoms with E-state index in [9.17, 15) is 36.4 Å². The molecule has 2 aliphatic heterocycles. The van der Waals surface area contributed by atoms with Crippen molar-refractivity contribution in [3.05, 3.63) is 23.9 Å². The summed E-state index contributed by atoms with van der Waals surface area (Å²) in [5, 5.41) is 5.07. The molecule has 334 valence electrons. The lowest BCUT2D eigenvalue weighted by molar-refractivity contribution is -0.143. The van der Waals surface area contributed by atoms with E-state index in [1.165, 1.54) is 26.2 Å². The van der Waals surface area contributed by atoms with Gasteiger partial charge in [-0.2, -0.15) is 8.78 Å². The zero-order chi connectivity index (χ0) is 44.0. The molecule has 0 radical (unpaired) electrons. The summed E-state index contributed by atoms with van der Waals surface area (Å²) in [5.74, 6) is -8.13. The molecule has 15 nitrogen and oxygen atoms in total. The van der Waals surface area contributed by atoms with Gasteiger partial charge in [0.25, 0.3) is 11.8 Å². The maximum absolute atomic E-state index is 16.4. The number of alkyl carbamates (subject to hydrolysis) is 1. The summed E-state index contributed by atoms with van der Waals surface area (Å²) in [6, 6.07) is 1.62. The molecule has 61 heavy (non-hydrogen) atoms. The van der Waals surface area contributed by atoms with Gasteiger partial charge in [-0.05, 0) is 87.2 Å². The molecule has 1 aromatic carbocycles. The average Bonchev–Trinajstić information content (AvgIpc) is 4.14. The summed E-state index contributed by atoms with van der Waals surface area (Å²) in [5.41, 5.74) is -3.80. The number of rotatable bonds is 7.